The molecule has 0 radical (unpaired) electrons. The van der Waals surface area contributed by atoms with Crippen molar-refractivity contribution in [1.82, 2.24) is 35.5 Å². The first-order valence-corrected chi connectivity index (χ1v) is 21.1. The van der Waals surface area contributed by atoms with Gasteiger partial charge in [-0.15, -0.1) is 11.3 Å². The third-order valence-corrected chi connectivity index (χ3v) is 11.4. The van der Waals surface area contributed by atoms with E-state index in [0.29, 0.717) is 0 Å². The van der Waals surface area contributed by atoms with Crippen molar-refractivity contribution in [3.05, 3.63) is 56.5 Å². The van der Waals surface area contributed by atoms with Crippen LogP contribution < -0.4 is 27.0 Å². The molecule has 0 bridgehead atoms. The minimum absolute atomic E-state index is 0.0310. The number of halogens is 2. The fourth-order valence-electron chi connectivity index (χ4n) is 5.53. The van der Waals surface area contributed by atoms with Gasteiger partial charge in [0.1, 0.15) is 11.7 Å². The predicted molar refractivity (Wildman–Crippen MR) is 221 cm³/mol. The lowest BCUT2D eigenvalue weighted by atomic mass is 10.0. The Hall–Kier alpha value is -6.15. The molecule has 2 unspecified atom stereocenters. The van der Waals surface area contributed by atoms with Gasteiger partial charge in [0.2, 0.25) is 11.5 Å². The van der Waals surface area contributed by atoms with Crippen LogP contribution >= 0.6 is 34.5 Å². The number of phenolic OH excluding ortho intramolecular Hbond substituents is 4. The second kappa shape index (κ2) is 20.1. The number of carbonyl (C=O) groups excluding carboxylic acids is 6. The largest absolute Gasteiger partial charge is 0.504 e. The van der Waals surface area contributed by atoms with Crippen LogP contribution in [0.3, 0.4) is 0 Å². The molecule has 3 aromatic rings. The van der Waals surface area contributed by atoms with Crippen molar-refractivity contribution in [3.8, 4) is 23.0 Å². The maximum atomic E-state index is 13.5. The number of nitrogens with one attached hydrogen (secondary N) is 4. The van der Waals surface area contributed by atoms with Crippen molar-refractivity contribution in [2.24, 2.45) is 5.16 Å². The molecule has 0 saturated carbocycles. The van der Waals surface area contributed by atoms with Crippen molar-refractivity contribution < 1.29 is 67.0 Å². The van der Waals surface area contributed by atoms with E-state index in [9.17, 15) is 62.2 Å². The fraction of sp³-hybridized carbons (Fsp3) is 0.371. The number of amides is 6. The molecular formula is C35H41Cl2N9O14S2. The Morgan fingerprint density at radius 3 is 2.13 bits per heavy atom. The molecule has 23 nitrogen and oxygen atoms in total. The topological polar surface area (TPSA) is 353 Å². The van der Waals surface area contributed by atoms with Crippen LogP contribution in [0.5, 0.6) is 23.0 Å². The van der Waals surface area contributed by atoms with Crippen molar-refractivity contribution in [3.63, 3.8) is 0 Å². The Kier molecular flexibility index (Phi) is 15.8. The number of aromatic hydroxyl groups is 4. The molecule has 336 valence electrons. The standard InChI is InChI=1S/C35H41Cl2N9O14S2/c1-16-25(32(55)46(16)62(57,58)59)43-30(53)26(19-15-61-34(38)42-19)44-60-35(2,3)33(56)41-12-11-39-22(49)14-45(31(54)18-7-9-21(48)28(51)24(18)37)13-5-4-10-40-29(52)17-6-8-20(47)27(50)23(17)36/h6-9,15-16,25,47-48,50-51H,4-5,10-14H2,1-3H3,(H2,38,42)(H,39,49)(H,40,52)(H,41,56)(H,43,53)(H,57,58,59)/b44-26-. The molecule has 2 heterocycles. The summed E-state index contributed by atoms with van der Waals surface area (Å²) >= 11 is 13.0. The molecule has 11 N–H and O–H groups in total. The number of hydrogen-bond donors (Lipinski definition) is 10. The van der Waals surface area contributed by atoms with E-state index in [2.05, 4.69) is 31.4 Å². The van der Waals surface area contributed by atoms with Crippen molar-refractivity contribution in [2.45, 2.75) is 51.3 Å². The van der Waals surface area contributed by atoms with E-state index in [1.54, 1.807) is 0 Å². The average Bonchev–Trinajstić information content (AvgIpc) is 3.63. The number of benzene rings is 2. The number of nitrogen functional groups attached to an aromatic ring is 1. The monoisotopic (exact) mass is 945 g/mol. The number of carbonyl (C=O) groups is 6. The molecule has 0 aliphatic carbocycles. The zero-order chi connectivity index (χ0) is 46.3. The van der Waals surface area contributed by atoms with Gasteiger partial charge in [-0.05, 0) is 57.9 Å². The van der Waals surface area contributed by atoms with Gasteiger partial charge in [-0.3, -0.25) is 33.3 Å². The van der Waals surface area contributed by atoms with E-state index in [0.717, 1.165) is 34.4 Å². The molecule has 27 heteroatoms. The number of hydrogen-bond acceptors (Lipinski definition) is 17. The van der Waals surface area contributed by atoms with Gasteiger partial charge in [-0.25, -0.2) is 9.29 Å². The predicted octanol–water partition coefficient (Wildman–Crippen LogP) is 0.457. The molecule has 1 aliphatic heterocycles. The molecular weight excluding hydrogens is 905 g/mol. The van der Waals surface area contributed by atoms with E-state index in [-0.39, 0.29) is 70.3 Å². The lowest BCUT2D eigenvalue weighted by Gasteiger charge is -2.42. The van der Waals surface area contributed by atoms with Crippen molar-refractivity contribution in [2.75, 3.05) is 38.5 Å². The Morgan fingerprint density at radius 2 is 1.55 bits per heavy atom. The Balaban J connectivity index is 1.33. The van der Waals surface area contributed by atoms with Crippen LogP contribution in [0.2, 0.25) is 10.0 Å². The number of β-lactam (4-membered cyclic amide) rings is 1. The SMILES string of the molecule is CC1C(NC(=O)/C(=N\OC(C)(C)C(=O)NCCNC(=O)CN(CCCCNC(=O)c2ccc(O)c(O)c2Cl)C(=O)c2ccc(O)c(O)c2Cl)c2csc(N)n2)C(=O)N1S(=O)(=O)O. The van der Waals surface area contributed by atoms with Crippen LogP contribution in [0.15, 0.2) is 34.8 Å². The fourth-order valence-corrected chi connectivity index (χ4v) is 7.45. The van der Waals surface area contributed by atoms with E-state index in [1.165, 1.54) is 32.2 Å². The molecule has 0 spiro atoms. The lowest BCUT2D eigenvalue weighted by Crippen LogP contribution is -2.71. The minimum Gasteiger partial charge on any atom is -0.504 e. The summed E-state index contributed by atoms with van der Waals surface area (Å²) in [5.74, 6) is -7.55. The summed E-state index contributed by atoms with van der Waals surface area (Å²) in [5.41, 5.74) is 2.99. The van der Waals surface area contributed by atoms with E-state index in [4.69, 9.17) is 33.8 Å². The summed E-state index contributed by atoms with van der Waals surface area (Å²) in [6, 6.07) is 2.00. The van der Waals surface area contributed by atoms with E-state index >= 15 is 0 Å². The van der Waals surface area contributed by atoms with Crippen LogP contribution in [0.1, 0.15) is 60.0 Å². The molecule has 2 aromatic carbocycles. The second-order valence-electron chi connectivity index (χ2n) is 13.8. The molecule has 1 saturated heterocycles. The Labute approximate surface area is 366 Å². The highest BCUT2D eigenvalue weighted by Gasteiger charge is 2.51. The number of thiazole rings is 1. The quantitative estimate of drug-likeness (QED) is 0.0195. The van der Waals surface area contributed by atoms with Crippen molar-refractivity contribution in [1.29, 1.82) is 0 Å². The molecule has 62 heavy (non-hydrogen) atoms. The molecule has 1 aromatic heterocycles. The second-order valence-corrected chi connectivity index (χ2v) is 16.7. The maximum Gasteiger partial charge on any atom is 0.362 e. The summed E-state index contributed by atoms with van der Waals surface area (Å²) < 4.78 is 32.4. The summed E-state index contributed by atoms with van der Waals surface area (Å²) in [5, 5.41) is 53.6. The normalized spacial score (nSPS) is 15.3. The van der Waals surface area contributed by atoms with Crippen LogP contribution in [-0.4, -0.2) is 139 Å². The number of aromatic nitrogens is 1. The van der Waals surface area contributed by atoms with Gasteiger partial charge < -0.3 is 57.2 Å². The zero-order valence-corrected chi connectivity index (χ0v) is 36.0. The van der Waals surface area contributed by atoms with Crippen molar-refractivity contribution >= 4 is 91.1 Å². The minimum atomic E-state index is -4.87. The van der Waals surface area contributed by atoms with Gasteiger partial charge in [-0.2, -0.15) is 8.42 Å². The number of unbranched alkanes of at least 4 members (excludes halogenated alkanes) is 1. The van der Waals surface area contributed by atoms with Crippen LogP contribution in [0.4, 0.5) is 5.13 Å². The number of oxime groups is 1. The first-order valence-electron chi connectivity index (χ1n) is 18.1. The third-order valence-electron chi connectivity index (χ3n) is 8.92. The first kappa shape index (κ1) is 48.5. The number of anilines is 1. The molecule has 6 amide bonds. The highest BCUT2D eigenvalue weighted by molar-refractivity contribution is 7.84. The van der Waals surface area contributed by atoms with Gasteiger partial charge in [0, 0.05) is 31.6 Å². The number of nitrogens with zero attached hydrogens (tertiary/aromatic N) is 4. The van der Waals surface area contributed by atoms with Gasteiger partial charge in [-0.1, -0.05) is 28.4 Å². The molecule has 2 atom stereocenters. The highest BCUT2D eigenvalue weighted by atomic mass is 35.5. The first-order chi connectivity index (χ1) is 29.0. The summed E-state index contributed by atoms with van der Waals surface area (Å²) in [6.07, 6.45) is 0.507. The summed E-state index contributed by atoms with van der Waals surface area (Å²) in [4.78, 5) is 88.2. The zero-order valence-electron chi connectivity index (χ0n) is 32.8. The molecule has 1 fully saturated rings. The molecule has 4 rings (SSSR count). The van der Waals surface area contributed by atoms with E-state index < -0.39 is 104 Å². The third kappa shape index (κ3) is 11.6. The Morgan fingerprint density at radius 1 is 0.952 bits per heavy atom. The maximum absolute atomic E-state index is 13.5. The summed E-state index contributed by atoms with van der Waals surface area (Å²) in [6.45, 7) is 3.01. The number of phenols is 4. The van der Waals surface area contributed by atoms with Crippen LogP contribution in [-0.2, 0) is 34.3 Å². The van der Waals surface area contributed by atoms with Crippen LogP contribution in [0.25, 0.3) is 0 Å². The lowest BCUT2D eigenvalue weighted by molar-refractivity contribution is -0.144. The smallest absolute Gasteiger partial charge is 0.362 e. The average molecular weight is 947 g/mol. The number of nitrogens with two attached hydrogens (primary N) is 1. The number of rotatable bonds is 19. The molecule has 1 aliphatic rings. The van der Waals surface area contributed by atoms with Gasteiger partial charge in [0.25, 0.3) is 29.5 Å². The summed E-state index contributed by atoms with van der Waals surface area (Å²) in [7, 11) is -4.87. The van der Waals surface area contributed by atoms with Gasteiger partial charge in [0.05, 0.1) is 33.8 Å². The highest BCUT2D eigenvalue weighted by Crippen LogP contribution is 2.37. The van der Waals surface area contributed by atoms with Gasteiger partial charge in [0.15, 0.2) is 33.8 Å². The van der Waals surface area contributed by atoms with E-state index in [1.807, 2.05) is 0 Å². The van der Waals surface area contributed by atoms with Crippen LogP contribution in [0, 0.1) is 0 Å². The Bertz CT molecular complexity index is 2400. The van der Waals surface area contributed by atoms with Gasteiger partial charge >= 0.3 is 10.3 Å².